The Morgan fingerprint density at radius 3 is 2.64 bits per heavy atom. The van der Waals surface area contributed by atoms with Gasteiger partial charge in [-0.05, 0) is 62.3 Å². The van der Waals surface area contributed by atoms with E-state index < -0.39 is 64.4 Å². The van der Waals surface area contributed by atoms with E-state index in [9.17, 15) is 27.9 Å². The average Bonchev–Trinajstić information content (AvgIpc) is 3.41. The lowest BCUT2D eigenvalue weighted by molar-refractivity contribution is -0.656. The predicted molar refractivity (Wildman–Crippen MR) is 169 cm³/mol. The van der Waals surface area contributed by atoms with E-state index in [1.54, 1.807) is 12.1 Å². The number of fused-ring (bicyclic) bond motifs is 1. The fraction of sp³-hybridized carbons (Fsp3) is 0.448. The number of rotatable bonds is 15. The number of ketones is 1. The van der Waals surface area contributed by atoms with E-state index in [0.717, 1.165) is 34.5 Å². The van der Waals surface area contributed by atoms with Crippen LogP contribution in [-0.4, -0.2) is 76.3 Å². The van der Waals surface area contributed by atoms with E-state index in [1.165, 1.54) is 38.5 Å². The highest BCUT2D eigenvalue weighted by Crippen LogP contribution is 2.40. The third-order valence-corrected chi connectivity index (χ3v) is 9.31. The predicted octanol–water partition coefficient (Wildman–Crippen LogP) is 2.10. The summed E-state index contributed by atoms with van der Waals surface area (Å²) in [5.74, 6) is -2.10. The molecule has 5 N–H and O–H groups in total. The fourth-order valence-corrected chi connectivity index (χ4v) is 6.32. The van der Waals surface area contributed by atoms with Gasteiger partial charge in [0.05, 0.1) is 36.6 Å². The van der Waals surface area contributed by atoms with Crippen LogP contribution in [0.2, 0.25) is 0 Å². The van der Waals surface area contributed by atoms with Gasteiger partial charge in [-0.1, -0.05) is 11.6 Å². The molecular formula is C29H35N6O10S2+. The minimum absolute atomic E-state index is 0.0115. The molecule has 1 unspecified atom stereocenters. The van der Waals surface area contributed by atoms with Crippen LogP contribution in [0.15, 0.2) is 41.0 Å². The molecule has 1 saturated heterocycles. The lowest BCUT2D eigenvalue weighted by Crippen LogP contribution is -2.68. The van der Waals surface area contributed by atoms with Crippen LogP contribution in [-0.2, 0) is 41.0 Å². The number of nitrogens with zero attached hydrogens (tertiary/aromatic N) is 4. The van der Waals surface area contributed by atoms with Crippen LogP contribution < -0.4 is 20.4 Å². The number of hydrogen-bond acceptors (Lipinski definition) is 13. The molecule has 16 nitrogen and oxygen atoms in total. The molecule has 1 amide bonds. The highest BCUT2D eigenvalue weighted by molar-refractivity contribution is 7.80. The first-order chi connectivity index (χ1) is 22.1. The molecule has 0 bridgehead atoms. The Morgan fingerprint density at radius 1 is 1.30 bits per heavy atom. The summed E-state index contributed by atoms with van der Waals surface area (Å²) in [4.78, 5) is 47.4. The number of oxime groups is 1. The number of thiazole rings is 1. The van der Waals surface area contributed by atoms with Crippen molar-refractivity contribution < 1.29 is 50.9 Å². The summed E-state index contributed by atoms with van der Waals surface area (Å²) >= 11 is 0.996. The normalized spacial score (nSPS) is 18.7. The molecule has 1 aliphatic heterocycles. The number of hydrogen-bond donors (Lipinski definition) is 4. The molecule has 2 aliphatic rings. The number of pyridine rings is 1. The van der Waals surface area contributed by atoms with Gasteiger partial charge in [0.15, 0.2) is 16.6 Å². The number of hydroxylamine groups is 2. The first-order valence-corrected chi connectivity index (χ1v) is 16.9. The number of Topliss-reactive ketones (excluding diaryl/α,β-unsaturated/α-hetero) is 1. The molecule has 47 heavy (non-hydrogen) atoms. The second-order valence-corrected chi connectivity index (χ2v) is 13.8. The van der Waals surface area contributed by atoms with Crippen LogP contribution in [0.4, 0.5) is 10.9 Å². The van der Waals surface area contributed by atoms with Gasteiger partial charge in [0.25, 0.3) is 17.8 Å². The number of carboxylic acid groups (broad SMARTS) is 1. The molecule has 3 aromatic rings. The summed E-state index contributed by atoms with van der Waals surface area (Å²) in [7, 11) is -3.03. The molecular weight excluding hydrogens is 656 g/mol. The SMILES string of the molecule is C[n+]1ccc2cc(OC[C@H](O/N=C(\C(=O)CC3C(=O)N(OS(=O)(=O)O)C3(C)C)c3csc(N)n3)C(=O)O)ccc2c1NCC1CCC1. The highest BCUT2D eigenvalue weighted by Gasteiger charge is 2.57. The molecule has 1 saturated carbocycles. The first-order valence-electron chi connectivity index (χ1n) is 14.7. The summed E-state index contributed by atoms with van der Waals surface area (Å²) in [6.45, 7) is 3.29. The average molecular weight is 692 g/mol. The lowest BCUT2D eigenvalue weighted by atomic mass is 9.74. The number of β-lactam (4-membered cyclic amide) rings is 1. The number of carbonyl (C=O) groups excluding carboxylic acids is 2. The zero-order valence-electron chi connectivity index (χ0n) is 25.8. The van der Waals surface area contributed by atoms with Crippen LogP contribution in [0.5, 0.6) is 5.75 Å². The maximum atomic E-state index is 13.4. The molecule has 1 aromatic carbocycles. The number of nitrogen functional groups attached to an aromatic ring is 1. The van der Waals surface area contributed by atoms with E-state index in [4.69, 9.17) is 19.9 Å². The van der Waals surface area contributed by atoms with E-state index >= 15 is 0 Å². The Balaban J connectivity index is 1.29. The summed E-state index contributed by atoms with van der Waals surface area (Å²) in [6, 6.07) is 7.31. The Morgan fingerprint density at radius 2 is 2.04 bits per heavy atom. The van der Waals surface area contributed by atoms with Crippen LogP contribution in [0.1, 0.15) is 45.2 Å². The number of nitrogens with one attached hydrogen (secondary N) is 1. The molecule has 2 aromatic heterocycles. The third-order valence-electron chi connectivity index (χ3n) is 8.30. The van der Waals surface area contributed by atoms with Crippen molar-refractivity contribution in [2.24, 2.45) is 24.0 Å². The van der Waals surface area contributed by atoms with E-state index in [1.807, 2.05) is 29.9 Å². The number of aromatic nitrogens is 2. The number of carboxylic acids is 1. The van der Waals surface area contributed by atoms with Crippen molar-refractivity contribution in [1.29, 1.82) is 0 Å². The molecule has 18 heteroatoms. The van der Waals surface area contributed by atoms with Gasteiger partial charge in [-0.25, -0.2) is 14.3 Å². The monoisotopic (exact) mass is 691 g/mol. The van der Waals surface area contributed by atoms with Crippen LogP contribution in [0.25, 0.3) is 10.8 Å². The fourth-order valence-electron chi connectivity index (χ4n) is 5.32. The number of ether oxygens (including phenoxy) is 1. The van der Waals surface area contributed by atoms with Crippen LogP contribution in [0, 0.1) is 11.8 Å². The molecule has 1 aliphatic carbocycles. The van der Waals surface area contributed by atoms with Gasteiger partial charge in [0, 0.05) is 11.8 Å². The van der Waals surface area contributed by atoms with Gasteiger partial charge in [-0.15, -0.1) is 15.6 Å². The number of carbonyl (C=O) groups is 3. The molecule has 252 valence electrons. The Labute approximate surface area is 274 Å². The lowest BCUT2D eigenvalue weighted by Gasteiger charge is -2.50. The minimum Gasteiger partial charge on any atom is -0.489 e. The first kappa shape index (κ1) is 34.0. The van der Waals surface area contributed by atoms with Gasteiger partial charge >= 0.3 is 16.4 Å². The standard InChI is InChI=1S/C29H34N6O10S2/c1-29(2)20(26(37)35(29)45-47(40,41)42)12-22(36)24(21-15-46-28(30)32-21)33-44-23(27(38)39)14-43-18-7-8-19-17(11-18)9-10-34(3)25(19)31-13-16-5-4-6-16/h7-11,15-16,20,23H,4-6,12-14H2,1-3H3,(H4,30,32,38,39,40,41,42)/p+1/b33-24-/t20?,23-/m0/s1. The Hall–Kier alpha value is -4.39. The number of nitrogens with two attached hydrogens (primary N) is 1. The number of benzene rings is 1. The molecule has 0 radical (unpaired) electrons. The molecule has 3 heterocycles. The van der Waals surface area contributed by atoms with Crippen molar-refractivity contribution in [2.75, 3.05) is 24.2 Å². The van der Waals surface area contributed by atoms with E-state index in [0.29, 0.717) is 16.7 Å². The van der Waals surface area contributed by atoms with Crippen molar-refractivity contribution in [3.8, 4) is 5.75 Å². The van der Waals surface area contributed by atoms with Crippen molar-refractivity contribution in [3.63, 3.8) is 0 Å². The zero-order valence-corrected chi connectivity index (χ0v) is 27.4. The topological polar surface area (TPSA) is 224 Å². The summed E-state index contributed by atoms with van der Waals surface area (Å²) in [5, 5.41) is 21.0. The molecule has 0 spiro atoms. The zero-order chi connectivity index (χ0) is 34.1. The van der Waals surface area contributed by atoms with Gasteiger partial charge in [-0.2, -0.15) is 13.5 Å². The maximum Gasteiger partial charge on any atom is 0.418 e. The van der Waals surface area contributed by atoms with Crippen molar-refractivity contribution in [2.45, 2.75) is 51.2 Å². The number of aliphatic carboxylic acids is 1. The smallest absolute Gasteiger partial charge is 0.418 e. The minimum atomic E-state index is -4.99. The maximum absolute atomic E-state index is 13.4. The van der Waals surface area contributed by atoms with Crippen LogP contribution in [0.3, 0.4) is 0 Å². The van der Waals surface area contributed by atoms with Gasteiger partial charge in [0.2, 0.25) is 0 Å². The van der Waals surface area contributed by atoms with Gasteiger partial charge in [0.1, 0.15) is 18.1 Å². The Bertz CT molecular complexity index is 1840. The van der Waals surface area contributed by atoms with Gasteiger partial charge < -0.3 is 20.4 Å². The second-order valence-electron chi connectivity index (χ2n) is 11.9. The van der Waals surface area contributed by atoms with Crippen molar-refractivity contribution >= 4 is 66.8 Å². The largest absolute Gasteiger partial charge is 0.489 e. The van der Waals surface area contributed by atoms with Crippen molar-refractivity contribution in [3.05, 3.63) is 41.5 Å². The highest BCUT2D eigenvalue weighted by atomic mass is 32.3. The molecule has 2 atom stereocenters. The Kier molecular flexibility index (Phi) is 9.67. The molecule has 5 rings (SSSR count). The second kappa shape index (κ2) is 13.4. The summed E-state index contributed by atoms with van der Waals surface area (Å²) < 4.78 is 43.3. The third kappa shape index (κ3) is 7.61. The number of aryl methyl sites for hydroxylation is 1. The van der Waals surface area contributed by atoms with Gasteiger partial charge in [-0.3, -0.25) is 19.5 Å². The molecule has 2 fully saturated rings. The quantitative estimate of drug-likeness (QED) is 0.0590. The number of anilines is 2. The van der Waals surface area contributed by atoms with Crippen LogP contribution >= 0.6 is 11.3 Å². The van der Waals surface area contributed by atoms with Crippen molar-refractivity contribution in [1.82, 2.24) is 10.0 Å². The summed E-state index contributed by atoms with van der Waals surface area (Å²) in [5.41, 5.74) is 4.01. The van der Waals surface area contributed by atoms with E-state index in [2.05, 4.69) is 19.7 Å². The van der Waals surface area contributed by atoms with E-state index in [-0.39, 0.29) is 10.8 Å². The number of amides is 1. The summed E-state index contributed by atoms with van der Waals surface area (Å²) in [6.07, 6.45) is 3.49.